The Bertz CT molecular complexity index is 255. The first-order chi connectivity index (χ1) is 11.4. The summed E-state index contributed by atoms with van der Waals surface area (Å²) in [6.45, 7) is 2.62. The fourth-order valence-corrected chi connectivity index (χ4v) is 2.81. The van der Waals surface area contributed by atoms with Gasteiger partial charge in [-0.2, -0.15) is 0 Å². The molecule has 0 aromatic rings. The second kappa shape index (κ2) is 21.4. The van der Waals surface area contributed by atoms with Gasteiger partial charge in [-0.15, -0.1) is 0 Å². The summed E-state index contributed by atoms with van der Waals surface area (Å²) in [5, 5.41) is 8.70. The van der Waals surface area contributed by atoms with Crippen molar-refractivity contribution in [3.8, 4) is 0 Å². The summed E-state index contributed by atoms with van der Waals surface area (Å²) in [5.41, 5.74) is 0. The van der Waals surface area contributed by atoms with Crippen LogP contribution >= 0.6 is 0 Å². The molecular weight excluding hydrogens is 280 g/mol. The summed E-state index contributed by atoms with van der Waals surface area (Å²) < 4.78 is 0. The molecule has 0 rings (SSSR count). The number of hydrogen-bond donors (Lipinski definition) is 1. The fraction of sp³-hybridized carbons (Fsp3) is 0.818. The van der Waals surface area contributed by atoms with Crippen LogP contribution in [0.3, 0.4) is 0 Å². The third-order valence-electron chi connectivity index (χ3n) is 4.36. The molecule has 0 saturated carbocycles. The topological polar surface area (TPSA) is 20.2 Å². The minimum atomic E-state index is 0.365. The van der Waals surface area contributed by atoms with Crippen molar-refractivity contribution in [3.63, 3.8) is 0 Å². The summed E-state index contributed by atoms with van der Waals surface area (Å²) >= 11 is 0. The number of rotatable bonds is 18. The van der Waals surface area contributed by atoms with Crippen LogP contribution in [-0.2, 0) is 0 Å². The molecule has 0 fully saturated rings. The van der Waals surface area contributed by atoms with Crippen molar-refractivity contribution in [2.45, 2.75) is 110 Å². The number of hydrogen-bond acceptors (Lipinski definition) is 1. The van der Waals surface area contributed by atoms with Crippen LogP contribution in [0.15, 0.2) is 24.3 Å². The van der Waals surface area contributed by atoms with Crippen molar-refractivity contribution in [1.29, 1.82) is 0 Å². The lowest BCUT2D eigenvalue weighted by Gasteiger charge is -2.01. The highest BCUT2D eigenvalue weighted by atomic mass is 16.2. The smallest absolute Gasteiger partial charge is 0.0431 e. The highest BCUT2D eigenvalue weighted by molar-refractivity contribution is 4.92. The standard InChI is InChI=1S/C22H42O/c1-2-3-4-5-6-7-8-9-10-11-12-13-14-15-16-17-18-19-20-21-22-23/h6-7,9-10,23H,2-5,8,11-22H2,1H3/b7-6-,10-9-. The molecule has 0 aromatic carbocycles. The maximum Gasteiger partial charge on any atom is 0.0431 e. The molecule has 0 atom stereocenters. The van der Waals surface area contributed by atoms with Crippen molar-refractivity contribution in [1.82, 2.24) is 0 Å². The third kappa shape index (κ3) is 21.4. The summed E-state index contributed by atoms with van der Waals surface area (Å²) in [6.07, 6.45) is 30.2. The molecule has 23 heavy (non-hydrogen) atoms. The second-order valence-corrected chi connectivity index (χ2v) is 6.72. The van der Waals surface area contributed by atoms with E-state index in [1.54, 1.807) is 0 Å². The Labute approximate surface area is 146 Å². The molecule has 0 unspecified atom stereocenters. The van der Waals surface area contributed by atoms with Gasteiger partial charge >= 0.3 is 0 Å². The van der Waals surface area contributed by atoms with E-state index in [1.165, 1.54) is 89.9 Å². The van der Waals surface area contributed by atoms with E-state index in [2.05, 4.69) is 31.2 Å². The van der Waals surface area contributed by atoms with Crippen LogP contribution in [0, 0.1) is 0 Å². The minimum Gasteiger partial charge on any atom is -0.396 e. The van der Waals surface area contributed by atoms with Gasteiger partial charge in [-0.3, -0.25) is 0 Å². The van der Waals surface area contributed by atoms with Crippen LogP contribution in [-0.4, -0.2) is 11.7 Å². The molecule has 1 N–H and O–H groups in total. The molecule has 0 amide bonds. The molecule has 0 saturated heterocycles. The Morgan fingerprint density at radius 3 is 1.43 bits per heavy atom. The Morgan fingerprint density at radius 1 is 0.522 bits per heavy atom. The number of aliphatic hydroxyl groups excluding tert-OH is 1. The highest BCUT2D eigenvalue weighted by Gasteiger charge is 1.92. The highest BCUT2D eigenvalue weighted by Crippen LogP contribution is 2.11. The molecule has 136 valence electrons. The van der Waals surface area contributed by atoms with E-state index in [-0.39, 0.29) is 0 Å². The zero-order valence-electron chi connectivity index (χ0n) is 15.8. The summed E-state index contributed by atoms with van der Waals surface area (Å²) in [4.78, 5) is 0. The number of unbranched alkanes of at least 4 members (excludes halogenated alkanes) is 13. The third-order valence-corrected chi connectivity index (χ3v) is 4.36. The Kier molecular flexibility index (Phi) is 20.9. The maximum atomic E-state index is 8.70. The average molecular weight is 323 g/mol. The molecule has 0 spiro atoms. The molecule has 0 radical (unpaired) electrons. The molecule has 0 aromatic heterocycles. The van der Waals surface area contributed by atoms with E-state index in [4.69, 9.17) is 5.11 Å². The Morgan fingerprint density at radius 2 is 0.957 bits per heavy atom. The molecule has 0 heterocycles. The van der Waals surface area contributed by atoms with Crippen LogP contribution in [0.25, 0.3) is 0 Å². The van der Waals surface area contributed by atoms with Crippen molar-refractivity contribution in [2.75, 3.05) is 6.61 Å². The molecule has 0 aliphatic heterocycles. The molecule has 1 nitrogen and oxygen atoms in total. The lowest BCUT2D eigenvalue weighted by molar-refractivity contribution is 0.282. The zero-order valence-corrected chi connectivity index (χ0v) is 15.8. The zero-order chi connectivity index (χ0) is 16.8. The van der Waals surface area contributed by atoms with Crippen molar-refractivity contribution in [3.05, 3.63) is 24.3 Å². The van der Waals surface area contributed by atoms with Gasteiger partial charge in [0.15, 0.2) is 0 Å². The van der Waals surface area contributed by atoms with E-state index in [0.717, 1.165) is 12.8 Å². The van der Waals surface area contributed by atoms with Gasteiger partial charge in [-0.1, -0.05) is 95.4 Å². The van der Waals surface area contributed by atoms with Crippen LogP contribution in [0.5, 0.6) is 0 Å². The quantitative estimate of drug-likeness (QED) is 0.206. The average Bonchev–Trinajstić information content (AvgIpc) is 2.57. The minimum absolute atomic E-state index is 0.365. The predicted octanol–water partition coefficient (Wildman–Crippen LogP) is 7.35. The van der Waals surface area contributed by atoms with E-state index >= 15 is 0 Å². The largest absolute Gasteiger partial charge is 0.396 e. The van der Waals surface area contributed by atoms with Gasteiger partial charge in [-0.05, 0) is 38.5 Å². The van der Waals surface area contributed by atoms with Crippen LogP contribution in [0.4, 0.5) is 0 Å². The number of aliphatic hydroxyl groups is 1. The molecular formula is C22H42O. The molecule has 0 aliphatic rings. The van der Waals surface area contributed by atoms with Crippen molar-refractivity contribution >= 4 is 0 Å². The first-order valence-corrected chi connectivity index (χ1v) is 10.3. The van der Waals surface area contributed by atoms with Gasteiger partial charge in [0.1, 0.15) is 0 Å². The van der Waals surface area contributed by atoms with Gasteiger partial charge in [0.2, 0.25) is 0 Å². The number of allylic oxidation sites excluding steroid dienone is 4. The first-order valence-electron chi connectivity index (χ1n) is 10.3. The summed E-state index contributed by atoms with van der Waals surface area (Å²) in [6, 6.07) is 0. The summed E-state index contributed by atoms with van der Waals surface area (Å²) in [5.74, 6) is 0. The molecule has 0 aliphatic carbocycles. The van der Waals surface area contributed by atoms with Gasteiger partial charge in [0.05, 0.1) is 0 Å². The Balaban J connectivity index is 3.10. The van der Waals surface area contributed by atoms with Crippen LogP contribution < -0.4 is 0 Å². The van der Waals surface area contributed by atoms with E-state index in [9.17, 15) is 0 Å². The van der Waals surface area contributed by atoms with Gasteiger partial charge in [-0.25, -0.2) is 0 Å². The summed E-state index contributed by atoms with van der Waals surface area (Å²) in [7, 11) is 0. The predicted molar refractivity (Wildman–Crippen MR) is 105 cm³/mol. The Hall–Kier alpha value is -0.560. The van der Waals surface area contributed by atoms with E-state index < -0.39 is 0 Å². The lowest BCUT2D eigenvalue weighted by Crippen LogP contribution is -1.84. The molecule has 1 heteroatoms. The maximum absolute atomic E-state index is 8.70. The second-order valence-electron chi connectivity index (χ2n) is 6.72. The normalized spacial score (nSPS) is 11.9. The fourth-order valence-electron chi connectivity index (χ4n) is 2.81. The van der Waals surface area contributed by atoms with Crippen molar-refractivity contribution < 1.29 is 5.11 Å². The van der Waals surface area contributed by atoms with Crippen LogP contribution in [0.1, 0.15) is 110 Å². The van der Waals surface area contributed by atoms with Gasteiger partial charge in [0.25, 0.3) is 0 Å². The van der Waals surface area contributed by atoms with Gasteiger partial charge < -0.3 is 5.11 Å². The van der Waals surface area contributed by atoms with E-state index in [0.29, 0.717) is 6.61 Å². The monoisotopic (exact) mass is 322 g/mol. The first kappa shape index (κ1) is 22.4. The lowest BCUT2D eigenvalue weighted by atomic mass is 10.1. The molecule has 0 bridgehead atoms. The van der Waals surface area contributed by atoms with Crippen LogP contribution in [0.2, 0.25) is 0 Å². The SMILES string of the molecule is CCCCC/C=C\C/C=C\CCCCCCCCCCCCO. The van der Waals surface area contributed by atoms with Gasteiger partial charge in [0, 0.05) is 6.61 Å². The van der Waals surface area contributed by atoms with E-state index in [1.807, 2.05) is 0 Å². The van der Waals surface area contributed by atoms with Crippen molar-refractivity contribution in [2.24, 2.45) is 0 Å².